The van der Waals surface area contributed by atoms with E-state index in [4.69, 9.17) is 0 Å². The van der Waals surface area contributed by atoms with Gasteiger partial charge in [0.1, 0.15) is 11.8 Å². The standard InChI is InChI=1S/C26H36N4O3S/c1-17(2)20-12-14-22(15-13-20)30(34(32,33)26-18(3)28-29-19(26)4)16-25(31)27-24-11-7-9-21-8-5-6-10-23(21)24/h5-6,8,10,12-15,17-19,24,26,28-29H,7,9,11,16H2,1-4H3,(H,27,31). The van der Waals surface area contributed by atoms with Gasteiger partial charge in [0, 0.05) is 12.1 Å². The van der Waals surface area contributed by atoms with Crippen LogP contribution >= 0.6 is 0 Å². The molecule has 0 saturated carbocycles. The van der Waals surface area contributed by atoms with Crippen molar-refractivity contribution in [1.82, 2.24) is 16.2 Å². The van der Waals surface area contributed by atoms with Crippen molar-refractivity contribution < 1.29 is 13.2 Å². The van der Waals surface area contributed by atoms with Crippen LogP contribution in [0, 0.1) is 0 Å². The van der Waals surface area contributed by atoms with E-state index in [1.165, 1.54) is 9.87 Å². The van der Waals surface area contributed by atoms with Crippen molar-refractivity contribution in [2.45, 2.75) is 76.3 Å². The molecule has 1 amide bonds. The highest BCUT2D eigenvalue weighted by atomic mass is 32.2. The Morgan fingerprint density at radius 2 is 1.71 bits per heavy atom. The minimum absolute atomic E-state index is 0.0991. The number of aryl methyl sites for hydroxylation is 1. The van der Waals surface area contributed by atoms with Crippen molar-refractivity contribution in [3.63, 3.8) is 0 Å². The number of amides is 1. The molecule has 2 aliphatic rings. The van der Waals surface area contributed by atoms with Crippen molar-refractivity contribution in [2.75, 3.05) is 10.8 Å². The summed E-state index contributed by atoms with van der Waals surface area (Å²) in [4.78, 5) is 13.3. The molecule has 34 heavy (non-hydrogen) atoms. The minimum atomic E-state index is -3.83. The van der Waals surface area contributed by atoms with E-state index < -0.39 is 15.3 Å². The van der Waals surface area contributed by atoms with Gasteiger partial charge in [-0.2, -0.15) is 0 Å². The number of anilines is 1. The van der Waals surface area contributed by atoms with Crippen molar-refractivity contribution in [1.29, 1.82) is 0 Å². The van der Waals surface area contributed by atoms with Gasteiger partial charge in [0.2, 0.25) is 15.9 Å². The highest BCUT2D eigenvalue weighted by molar-refractivity contribution is 7.93. The van der Waals surface area contributed by atoms with Crippen LogP contribution in [0.15, 0.2) is 48.5 Å². The van der Waals surface area contributed by atoms with Crippen LogP contribution in [0.3, 0.4) is 0 Å². The lowest BCUT2D eigenvalue weighted by molar-refractivity contribution is -0.120. The molecule has 1 aliphatic heterocycles. The smallest absolute Gasteiger partial charge is 0.241 e. The van der Waals surface area contributed by atoms with E-state index in [2.05, 4.69) is 42.1 Å². The SMILES string of the molecule is CC(C)c1ccc(N(CC(=O)NC2CCCc3ccccc32)S(=O)(=O)C2C(C)NNC2C)cc1. The zero-order valence-corrected chi connectivity index (χ0v) is 21.2. The van der Waals surface area contributed by atoms with E-state index in [1.807, 2.05) is 38.1 Å². The molecule has 0 aromatic heterocycles. The molecule has 8 heteroatoms. The number of hydrogen-bond acceptors (Lipinski definition) is 5. The van der Waals surface area contributed by atoms with Crippen molar-refractivity contribution >= 4 is 21.6 Å². The fourth-order valence-corrected chi connectivity index (χ4v) is 7.33. The maximum Gasteiger partial charge on any atom is 0.241 e. The molecule has 3 unspecified atom stereocenters. The third-order valence-corrected chi connectivity index (χ3v) is 9.47. The van der Waals surface area contributed by atoms with Gasteiger partial charge in [-0.3, -0.25) is 20.0 Å². The molecule has 184 valence electrons. The molecule has 1 fully saturated rings. The van der Waals surface area contributed by atoms with Gasteiger partial charge in [-0.05, 0) is 67.9 Å². The largest absolute Gasteiger partial charge is 0.348 e. The lowest BCUT2D eigenvalue weighted by Gasteiger charge is -2.31. The Labute approximate surface area is 203 Å². The van der Waals surface area contributed by atoms with Gasteiger partial charge in [-0.25, -0.2) is 8.42 Å². The highest BCUT2D eigenvalue weighted by Crippen LogP contribution is 2.30. The first-order chi connectivity index (χ1) is 16.2. The summed E-state index contributed by atoms with van der Waals surface area (Å²) in [5.41, 5.74) is 10.1. The molecule has 0 bridgehead atoms. The maximum absolute atomic E-state index is 13.9. The summed E-state index contributed by atoms with van der Waals surface area (Å²) in [7, 11) is -3.83. The summed E-state index contributed by atoms with van der Waals surface area (Å²) in [6.45, 7) is 7.63. The van der Waals surface area contributed by atoms with Crippen LogP contribution in [0.2, 0.25) is 0 Å². The number of carbonyl (C=O) groups is 1. The Hall–Kier alpha value is -2.42. The number of rotatable bonds is 7. The number of sulfonamides is 1. The van der Waals surface area contributed by atoms with E-state index in [0.29, 0.717) is 11.6 Å². The third-order valence-electron chi connectivity index (χ3n) is 7.01. The van der Waals surface area contributed by atoms with Gasteiger partial charge in [0.25, 0.3) is 0 Å². The topological polar surface area (TPSA) is 90.5 Å². The van der Waals surface area contributed by atoms with E-state index in [0.717, 1.165) is 30.4 Å². The van der Waals surface area contributed by atoms with Crippen molar-refractivity contribution in [3.05, 3.63) is 65.2 Å². The number of carbonyl (C=O) groups excluding carboxylic acids is 1. The van der Waals surface area contributed by atoms with Gasteiger partial charge < -0.3 is 5.32 Å². The van der Waals surface area contributed by atoms with E-state index in [-0.39, 0.29) is 30.6 Å². The second-order valence-corrected chi connectivity index (χ2v) is 11.9. The number of hydrogen-bond donors (Lipinski definition) is 3. The number of nitrogens with zero attached hydrogens (tertiary/aromatic N) is 1. The number of fused-ring (bicyclic) bond motifs is 1. The molecule has 1 saturated heterocycles. The quantitative estimate of drug-likeness (QED) is 0.561. The first-order valence-corrected chi connectivity index (χ1v) is 13.7. The fourth-order valence-electron chi connectivity index (χ4n) is 5.15. The lowest BCUT2D eigenvalue weighted by Crippen LogP contribution is -2.50. The summed E-state index contributed by atoms with van der Waals surface area (Å²) in [6, 6.07) is 15.0. The van der Waals surface area contributed by atoms with Crippen molar-refractivity contribution in [3.8, 4) is 0 Å². The average Bonchev–Trinajstić information content (AvgIpc) is 3.16. The third kappa shape index (κ3) is 4.99. The molecular weight excluding hydrogens is 448 g/mol. The van der Waals surface area contributed by atoms with Gasteiger partial charge in [-0.15, -0.1) is 0 Å². The predicted octanol–water partition coefficient (Wildman–Crippen LogP) is 3.39. The summed E-state index contributed by atoms with van der Waals surface area (Å²) < 4.78 is 29.0. The second-order valence-electron chi connectivity index (χ2n) is 9.84. The molecule has 0 spiro atoms. The Kier molecular flexibility index (Phi) is 7.31. The van der Waals surface area contributed by atoms with Crippen LogP contribution in [0.5, 0.6) is 0 Å². The molecule has 7 nitrogen and oxygen atoms in total. The van der Waals surface area contributed by atoms with Crippen LogP contribution in [0.1, 0.15) is 69.2 Å². The Morgan fingerprint density at radius 1 is 1.06 bits per heavy atom. The molecule has 2 aromatic rings. The molecule has 2 aromatic carbocycles. The monoisotopic (exact) mass is 484 g/mol. The van der Waals surface area contributed by atoms with Gasteiger partial charge in [0.15, 0.2) is 0 Å². The van der Waals surface area contributed by atoms with E-state index >= 15 is 0 Å². The number of benzene rings is 2. The van der Waals surface area contributed by atoms with Crippen LogP contribution in [0.25, 0.3) is 0 Å². The van der Waals surface area contributed by atoms with E-state index in [1.54, 1.807) is 12.1 Å². The zero-order chi connectivity index (χ0) is 24.5. The molecule has 3 N–H and O–H groups in total. The number of nitrogens with one attached hydrogen (secondary N) is 3. The Morgan fingerprint density at radius 3 is 2.35 bits per heavy atom. The molecule has 0 radical (unpaired) electrons. The summed E-state index contributed by atoms with van der Waals surface area (Å²) in [6.07, 6.45) is 2.85. The highest BCUT2D eigenvalue weighted by Gasteiger charge is 2.44. The predicted molar refractivity (Wildman–Crippen MR) is 136 cm³/mol. The summed E-state index contributed by atoms with van der Waals surface area (Å²) >= 11 is 0. The molecular formula is C26H36N4O3S. The Bertz CT molecular complexity index is 1110. The summed E-state index contributed by atoms with van der Waals surface area (Å²) in [5, 5.41) is 2.42. The zero-order valence-electron chi connectivity index (χ0n) is 20.4. The molecule has 1 aliphatic carbocycles. The summed E-state index contributed by atoms with van der Waals surface area (Å²) in [5.74, 6) is 0.0366. The van der Waals surface area contributed by atoms with Crippen LogP contribution in [-0.4, -0.2) is 38.2 Å². The first kappa shape index (κ1) is 24.7. The van der Waals surface area contributed by atoms with Crippen molar-refractivity contribution in [2.24, 2.45) is 0 Å². The average molecular weight is 485 g/mol. The fraction of sp³-hybridized carbons (Fsp3) is 0.500. The normalized spacial score (nSPS) is 24.6. The van der Waals surface area contributed by atoms with Crippen LogP contribution in [0.4, 0.5) is 5.69 Å². The molecule has 4 rings (SSSR count). The lowest BCUT2D eigenvalue weighted by atomic mass is 9.88. The Balaban J connectivity index is 1.61. The minimum Gasteiger partial charge on any atom is -0.348 e. The van der Waals surface area contributed by atoms with Crippen LogP contribution < -0.4 is 20.5 Å². The second kappa shape index (κ2) is 10.1. The number of hydrazine groups is 1. The molecule has 1 heterocycles. The van der Waals surface area contributed by atoms with Crippen LogP contribution in [-0.2, 0) is 21.2 Å². The first-order valence-electron chi connectivity index (χ1n) is 12.2. The molecule has 3 atom stereocenters. The van der Waals surface area contributed by atoms with Gasteiger partial charge in [0.05, 0.1) is 11.7 Å². The van der Waals surface area contributed by atoms with Gasteiger partial charge >= 0.3 is 0 Å². The maximum atomic E-state index is 13.9. The van der Waals surface area contributed by atoms with E-state index in [9.17, 15) is 13.2 Å². The van der Waals surface area contributed by atoms with Gasteiger partial charge in [-0.1, -0.05) is 50.2 Å².